The second kappa shape index (κ2) is 5.23. The molecule has 0 radical (unpaired) electrons. The van der Waals surface area contributed by atoms with Crippen LogP contribution in [0.1, 0.15) is 12.5 Å². The molecule has 0 spiro atoms. The van der Waals surface area contributed by atoms with Crippen molar-refractivity contribution in [1.29, 1.82) is 0 Å². The van der Waals surface area contributed by atoms with Crippen molar-refractivity contribution < 1.29 is 4.79 Å². The predicted octanol–water partition coefficient (Wildman–Crippen LogP) is 1.15. The molecule has 0 aliphatic carbocycles. The van der Waals surface area contributed by atoms with Crippen molar-refractivity contribution in [1.82, 2.24) is 9.88 Å². The number of nitrogens with two attached hydrogens (primary N) is 1. The lowest BCUT2D eigenvalue weighted by atomic mass is 10.2. The molecule has 0 bridgehead atoms. The summed E-state index contributed by atoms with van der Waals surface area (Å²) in [5.41, 5.74) is 6.48. The molecular weight excluding hydrogens is 258 g/mol. The molecule has 4 nitrogen and oxygen atoms in total. The fourth-order valence-electron chi connectivity index (χ4n) is 1.20. The molecule has 0 saturated carbocycles. The lowest BCUT2D eigenvalue weighted by molar-refractivity contribution is -0.131. The quantitative estimate of drug-likeness (QED) is 0.840. The minimum Gasteiger partial charge on any atom is -0.340 e. The summed E-state index contributed by atoms with van der Waals surface area (Å²) in [4.78, 5) is 17.2. The van der Waals surface area contributed by atoms with E-state index >= 15 is 0 Å². The zero-order chi connectivity index (χ0) is 11.4. The fraction of sp³-hybridized carbons (Fsp3) is 0.400. The van der Waals surface area contributed by atoms with Gasteiger partial charge in [-0.3, -0.25) is 4.79 Å². The Morgan fingerprint density at radius 2 is 2.33 bits per heavy atom. The van der Waals surface area contributed by atoms with Gasteiger partial charge in [-0.05, 0) is 34.5 Å². The Kier molecular flexibility index (Phi) is 4.23. The molecule has 0 aromatic carbocycles. The van der Waals surface area contributed by atoms with Crippen molar-refractivity contribution in [2.45, 2.75) is 19.5 Å². The molecular formula is C10H14BrN3O. The first-order valence-corrected chi connectivity index (χ1v) is 5.41. The van der Waals surface area contributed by atoms with Crippen LogP contribution in [0.25, 0.3) is 0 Å². The maximum Gasteiger partial charge on any atom is 0.239 e. The lowest BCUT2D eigenvalue weighted by Crippen LogP contribution is -2.39. The Bertz CT molecular complexity index is 337. The molecule has 1 rings (SSSR count). The van der Waals surface area contributed by atoms with Crippen molar-refractivity contribution in [3.63, 3.8) is 0 Å². The highest BCUT2D eigenvalue weighted by Crippen LogP contribution is 2.08. The summed E-state index contributed by atoms with van der Waals surface area (Å²) in [5, 5.41) is 0. The van der Waals surface area contributed by atoms with Crippen molar-refractivity contribution in [2.24, 2.45) is 5.73 Å². The molecule has 1 aromatic rings. The zero-order valence-electron chi connectivity index (χ0n) is 8.77. The Labute approximate surface area is 97.6 Å². The van der Waals surface area contributed by atoms with E-state index in [2.05, 4.69) is 20.9 Å². The molecule has 82 valence electrons. The van der Waals surface area contributed by atoms with Crippen LogP contribution in [0.15, 0.2) is 22.9 Å². The number of rotatable bonds is 3. The van der Waals surface area contributed by atoms with Gasteiger partial charge in [-0.25, -0.2) is 4.98 Å². The van der Waals surface area contributed by atoms with E-state index in [1.54, 1.807) is 25.1 Å². The van der Waals surface area contributed by atoms with Gasteiger partial charge in [0.1, 0.15) is 4.60 Å². The highest BCUT2D eigenvalue weighted by Gasteiger charge is 2.13. The van der Waals surface area contributed by atoms with Gasteiger partial charge in [0.05, 0.1) is 6.04 Å². The summed E-state index contributed by atoms with van der Waals surface area (Å²) in [6, 6.07) is 3.31. The number of carbonyl (C=O) groups excluding carboxylic acids is 1. The molecule has 1 heterocycles. The number of hydrogen-bond acceptors (Lipinski definition) is 3. The van der Waals surface area contributed by atoms with Crippen LogP contribution in [0.2, 0.25) is 0 Å². The maximum absolute atomic E-state index is 11.5. The first-order chi connectivity index (χ1) is 7.00. The lowest BCUT2D eigenvalue weighted by Gasteiger charge is -2.19. The summed E-state index contributed by atoms with van der Waals surface area (Å²) in [5.74, 6) is -0.0714. The third-order valence-corrected chi connectivity index (χ3v) is 2.44. The van der Waals surface area contributed by atoms with Gasteiger partial charge in [-0.1, -0.05) is 6.07 Å². The second-order valence-electron chi connectivity index (χ2n) is 3.47. The summed E-state index contributed by atoms with van der Waals surface area (Å²) >= 11 is 3.25. The molecule has 0 saturated heterocycles. The van der Waals surface area contributed by atoms with E-state index in [-0.39, 0.29) is 5.91 Å². The number of aromatic nitrogens is 1. The molecule has 2 N–H and O–H groups in total. The number of likely N-dealkylation sites (N-methyl/N-ethyl adjacent to an activating group) is 1. The van der Waals surface area contributed by atoms with Crippen molar-refractivity contribution in [3.05, 3.63) is 28.5 Å². The normalized spacial score (nSPS) is 12.3. The summed E-state index contributed by atoms with van der Waals surface area (Å²) in [7, 11) is 1.73. The van der Waals surface area contributed by atoms with Crippen LogP contribution in [0.4, 0.5) is 0 Å². The molecule has 5 heteroatoms. The van der Waals surface area contributed by atoms with Gasteiger partial charge < -0.3 is 10.6 Å². The van der Waals surface area contributed by atoms with Crippen LogP contribution in [0.5, 0.6) is 0 Å². The number of amides is 1. The van der Waals surface area contributed by atoms with Crippen molar-refractivity contribution >= 4 is 21.8 Å². The van der Waals surface area contributed by atoms with Crippen LogP contribution in [0.3, 0.4) is 0 Å². The SMILES string of the molecule is CC(N)C(=O)N(C)Cc1ccc(Br)nc1. The van der Waals surface area contributed by atoms with Gasteiger partial charge in [0.2, 0.25) is 5.91 Å². The minimum absolute atomic E-state index is 0.0714. The molecule has 1 aromatic heterocycles. The van der Waals surface area contributed by atoms with Gasteiger partial charge in [0.15, 0.2) is 0 Å². The van der Waals surface area contributed by atoms with Gasteiger partial charge >= 0.3 is 0 Å². The average molecular weight is 272 g/mol. The van der Waals surface area contributed by atoms with Gasteiger partial charge in [0, 0.05) is 19.8 Å². The van der Waals surface area contributed by atoms with E-state index in [4.69, 9.17) is 5.73 Å². The van der Waals surface area contributed by atoms with Crippen LogP contribution in [0, 0.1) is 0 Å². The number of pyridine rings is 1. The monoisotopic (exact) mass is 271 g/mol. The number of nitrogens with zero attached hydrogens (tertiary/aromatic N) is 2. The number of hydrogen-bond donors (Lipinski definition) is 1. The first kappa shape index (κ1) is 12.1. The van der Waals surface area contributed by atoms with E-state index in [0.29, 0.717) is 6.54 Å². The van der Waals surface area contributed by atoms with Gasteiger partial charge in [-0.2, -0.15) is 0 Å². The van der Waals surface area contributed by atoms with Crippen molar-refractivity contribution in [3.8, 4) is 0 Å². The zero-order valence-corrected chi connectivity index (χ0v) is 10.4. The van der Waals surface area contributed by atoms with E-state index in [0.717, 1.165) is 10.2 Å². The smallest absolute Gasteiger partial charge is 0.239 e. The standard InChI is InChI=1S/C10H14BrN3O/c1-7(12)10(15)14(2)6-8-3-4-9(11)13-5-8/h3-5,7H,6,12H2,1-2H3. The Morgan fingerprint density at radius 3 is 2.80 bits per heavy atom. The highest BCUT2D eigenvalue weighted by molar-refractivity contribution is 9.10. The van der Waals surface area contributed by atoms with E-state index < -0.39 is 6.04 Å². The van der Waals surface area contributed by atoms with Crippen LogP contribution < -0.4 is 5.73 Å². The molecule has 0 aliphatic rings. The predicted molar refractivity (Wildman–Crippen MR) is 62.1 cm³/mol. The molecule has 0 fully saturated rings. The average Bonchev–Trinajstić information content (AvgIpc) is 2.20. The molecule has 1 atom stereocenters. The Morgan fingerprint density at radius 1 is 1.67 bits per heavy atom. The highest BCUT2D eigenvalue weighted by atomic mass is 79.9. The topological polar surface area (TPSA) is 59.2 Å². The summed E-state index contributed by atoms with van der Waals surface area (Å²) < 4.78 is 0.785. The van der Waals surface area contributed by atoms with Crippen LogP contribution in [-0.2, 0) is 11.3 Å². The van der Waals surface area contributed by atoms with E-state index in [1.165, 1.54) is 0 Å². The number of halogens is 1. The first-order valence-electron chi connectivity index (χ1n) is 4.61. The largest absolute Gasteiger partial charge is 0.340 e. The Balaban J connectivity index is 2.62. The molecule has 1 amide bonds. The molecule has 1 unspecified atom stereocenters. The van der Waals surface area contributed by atoms with Gasteiger partial charge in [0.25, 0.3) is 0 Å². The Hall–Kier alpha value is -0.940. The van der Waals surface area contributed by atoms with Crippen LogP contribution >= 0.6 is 15.9 Å². The molecule has 0 aliphatic heterocycles. The van der Waals surface area contributed by atoms with E-state index in [9.17, 15) is 4.79 Å². The van der Waals surface area contributed by atoms with Crippen molar-refractivity contribution in [2.75, 3.05) is 7.05 Å². The summed E-state index contributed by atoms with van der Waals surface area (Å²) in [6.07, 6.45) is 1.73. The van der Waals surface area contributed by atoms with Crippen LogP contribution in [-0.4, -0.2) is 28.9 Å². The second-order valence-corrected chi connectivity index (χ2v) is 4.28. The molecule has 15 heavy (non-hydrogen) atoms. The van der Waals surface area contributed by atoms with Gasteiger partial charge in [-0.15, -0.1) is 0 Å². The maximum atomic E-state index is 11.5. The third kappa shape index (κ3) is 3.60. The fourth-order valence-corrected chi connectivity index (χ4v) is 1.43. The number of carbonyl (C=O) groups is 1. The minimum atomic E-state index is -0.460. The van der Waals surface area contributed by atoms with E-state index in [1.807, 2.05) is 12.1 Å². The third-order valence-electron chi connectivity index (χ3n) is 1.97. The summed E-state index contributed by atoms with van der Waals surface area (Å²) in [6.45, 7) is 2.21.